The number of hydrogen-bond acceptors (Lipinski definition) is 4. The van der Waals surface area contributed by atoms with Crippen LogP contribution in [0.5, 0.6) is 0 Å². The molecule has 1 aromatic heterocycles. The van der Waals surface area contributed by atoms with E-state index < -0.39 is 15.8 Å². The number of aromatic nitrogens is 2. The number of hydrogen-bond donors (Lipinski definition) is 2. The molecule has 0 bridgehead atoms. The fourth-order valence-corrected chi connectivity index (χ4v) is 3.79. The van der Waals surface area contributed by atoms with Gasteiger partial charge in [0.05, 0.1) is 10.6 Å². The Labute approximate surface area is 175 Å². The van der Waals surface area contributed by atoms with Crippen molar-refractivity contribution in [2.45, 2.75) is 31.6 Å². The molecule has 0 aliphatic heterocycles. The second kappa shape index (κ2) is 8.76. The molecule has 0 radical (unpaired) electrons. The van der Waals surface area contributed by atoms with E-state index in [0.29, 0.717) is 17.8 Å². The van der Waals surface area contributed by atoms with E-state index in [1.807, 2.05) is 19.9 Å². The summed E-state index contributed by atoms with van der Waals surface area (Å²) in [5, 5.41) is 6.95. The minimum Gasteiger partial charge on any atom is -0.326 e. The van der Waals surface area contributed by atoms with Crippen LogP contribution in [0.25, 0.3) is 5.69 Å². The van der Waals surface area contributed by atoms with E-state index >= 15 is 0 Å². The zero-order valence-corrected chi connectivity index (χ0v) is 17.8. The van der Waals surface area contributed by atoms with Crippen LogP contribution in [0.1, 0.15) is 23.4 Å². The van der Waals surface area contributed by atoms with E-state index in [4.69, 9.17) is 0 Å². The second-order valence-electron chi connectivity index (χ2n) is 6.90. The number of amides is 1. The van der Waals surface area contributed by atoms with Gasteiger partial charge in [-0.3, -0.25) is 4.79 Å². The number of nitrogens with one attached hydrogen (secondary N) is 2. The van der Waals surface area contributed by atoms with E-state index in [2.05, 4.69) is 15.1 Å². The van der Waals surface area contributed by atoms with Crippen LogP contribution in [0, 0.1) is 19.7 Å². The minimum atomic E-state index is -3.49. The minimum absolute atomic E-state index is 0.163. The zero-order chi connectivity index (χ0) is 21.9. The fourth-order valence-electron chi connectivity index (χ4n) is 3.06. The molecule has 0 unspecified atom stereocenters. The second-order valence-corrected chi connectivity index (χ2v) is 8.79. The topological polar surface area (TPSA) is 93.1 Å². The van der Waals surface area contributed by atoms with Crippen molar-refractivity contribution in [2.75, 3.05) is 12.4 Å². The van der Waals surface area contributed by atoms with Gasteiger partial charge in [-0.2, -0.15) is 5.10 Å². The molecule has 0 aliphatic rings. The number of halogens is 1. The fraction of sp³-hybridized carbons (Fsp3) is 0.238. The first-order valence-corrected chi connectivity index (χ1v) is 10.8. The number of carbonyl (C=O) groups is 1. The summed E-state index contributed by atoms with van der Waals surface area (Å²) in [6.45, 7) is 3.68. The molecule has 0 spiro atoms. The molecule has 158 valence electrons. The van der Waals surface area contributed by atoms with Crippen molar-refractivity contribution < 1.29 is 17.6 Å². The van der Waals surface area contributed by atoms with Gasteiger partial charge in [-0.15, -0.1) is 0 Å². The Hall–Kier alpha value is -3.04. The van der Waals surface area contributed by atoms with E-state index in [9.17, 15) is 17.6 Å². The molecule has 9 heteroatoms. The molecule has 2 N–H and O–H groups in total. The highest BCUT2D eigenvalue weighted by atomic mass is 32.2. The van der Waals surface area contributed by atoms with Gasteiger partial charge in [-0.1, -0.05) is 12.1 Å². The van der Waals surface area contributed by atoms with Gasteiger partial charge in [-0.05, 0) is 69.3 Å². The van der Waals surface area contributed by atoms with E-state index in [-0.39, 0.29) is 17.2 Å². The van der Waals surface area contributed by atoms with Crippen LogP contribution in [-0.4, -0.2) is 31.2 Å². The Morgan fingerprint density at radius 3 is 2.37 bits per heavy atom. The maximum Gasteiger partial charge on any atom is 0.240 e. The third-order valence-corrected chi connectivity index (χ3v) is 6.04. The summed E-state index contributed by atoms with van der Waals surface area (Å²) in [5.41, 5.74) is 3.11. The first kappa shape index (κ1) is 21.7. The summed E-state index contributed by atoms with van der Waals surface area (Å²) in [7, 11) is -2.14. The zero-order valence-electron chi connectivity index (χ0n) is 16.9. The normalized spacial score (nSPS) is 11.5. The standard InChI is InChI=1S/C21H23FN4O3S/c1-14-12-15(2)26(25-14)20-10-7-17(13-19(20)22)24-21(27)11-6-16-4-8-18(9-5-16)30(28,29)23-3/h4-5,7-10,12-13,23H,6,11H2,1-3H3,(H,24,27). The molecular formula is C21H23FN4O3S. The Morgan fingerprint density at radius 2 is 1.80 bits per heavy atom. The Bertz CT molecular complexity index is 1170. The highest BCUT2D eigenvalue weighted by Crippen LogP contribution is 2.20. The van der Waals surface area contributed by atoms with Crippen LogP contribution in [0.4, 0.5) is 10.1 Å². The molecule has 7 nitrogen and oxygen atoms in total. The van der Waals surface area contributed by atoms with Crippen LogP contribution in [0.2, 0.25) is 0 Å². The van der Waals surface area contributed by atoms with Crippen molar-refractivity contribution in [3.8, 4) is 5.69 Å². The summed E-state index contributed by atoms with van der Waals surface area (Å²) < 4.78 is 41.8. The summed E-state index contributed by atoms with van der Waals surface area (Å²) in [6, 6.07) is 12.6. The first-order valence-electron chi connectivity index (χ1n) is 9.35. The average Bonchev–Trinajstić information content (AvgIpc) is 3.04. The molecule has 0 fully saturated rings. The maximum atomic E-state index is 14.5. The van der Waals surface area contributed by atoms with Gasteiger partial charge in [0.2, 0.25) is 15.9 Å². The van der Waals surface area contributed by atoms with Gasteiger partial charge in [0.1, 0.15) is 5.69 Å². The first-order chi connectivity index (χ1) is 14.2. The molecule has 30 heavy (non-hydrogen) atoms. The third-order valence-electron chi connectivity index (χ3n) is 4.61. The molecular weight excluding hydrogens is 407 g/mol. The number of aryl methyl sites for hydroxylation is 3. The number of nitrogens with zero attached hydrogens (tertiary/aromatic N) is 2. The quantitative estimate of drug-likeness (QED) is 0.602. The van der Waals surface area contributed by atoms with Crippen molar-refractivity contribution in [1.29, 1.82) is 0 Å². The van der Waals surface area contributed by atoms with E-state index in [1.165, 1.54) is 29.9 Å². The van der Waals surface area contributed by atoms with Crippen LogP contribution in [0.3, 0.4) is 0 Å². The van der Waals surface area contributed by atoms with Gasteiger partial charge in [0, 0.05) is 17.8 Å². The maximum absolute atomic E-state index is 14.5. The number of anilines is 1. The number of sulfonamides is 1. The molecule has 1 heterocycles. The summed E-state index contributed by atoms with van der Waals surface area (Å²) >= 11 is 0. The van der Waals surface area contributed by atoms with Crippen LogP contribution in [-0.2, 0) is 21.2 Å². The molecule has 0 saturated heterocycles. The van der Waals surface area contributed by atoms with Crippen LogP contribution >= 0.6 is 0 Å². The lowest BCUT2D eigenvalue weighted by atomic mass is 10.1. The van der Waals surface area contributed by atoms with Crippen LogP contribution in [0.15, 0.2) is 53.4 Å². The van der Waals surface area contributed by atoms with Crippen molar-refractivity contribution >= 4 is 21.6 Å². The average molecular weight is 431 g/mol. The number of rotatable bonds is 7. The third kappa shape index (κ3) is 4.92. The smallest absolute Gasteiger partial charge is 0.240 e. The summed E-state index contributed by atoms with van der Waals surface area (Å²) in [4.78, 5) is 12.4. The lowest BCUT2D eigenvalue weighted by Crippen LogP contribution is -2.18. The molecule has 1 amide bonds. The SMILES string of the molecule is CNS(=O)(=O)c1ccc(CCC(=O)Nc2ccc(-n3nc(C)cc3C)c(F)c2)cc1. The Balaban J connectivity index is 1.61. The Morgan fingerprint density at radius 1 is 1.10 bits per heavy atom. The molecule has 3 aromatic rings. The molecule has 0 saturated carbocycles. The van der Waals surface area contributed by atoms with Crippen molar-refractivity contribution in [2.24, 2.45) is 0 Å². The summed E-state index contributed by atoms with van der Waals surface area (Å²) in [6.07, 6.45) is 0.608. The highest BCUT2D eigenvalue weighted by Gasteiger charge is 2.13. The molecule has 0 aliphatic carbocycles. The van der Waals surface area contributed by atoms with Crippen molar-refractivity contribution in [3.63, 3.8) is 0 Å². The summed E-state index contributed by atoms with van der Waals surface area (Å²) in [5.74, 6) is -0.750. The van der Waals surface area contributed by atoms with Crippen LogP contribution < -0.4 is 10.0 Å². The predicted octanol–water partition coefficient (Wildman–Crippen LogP) is 3.11. The number of carbonyl (C=O) groups excluding carboxylic acids is 1. The van der Waals surface area contributed by atoms with Gasteiger partial charge in [0.15, 0.2) is 5.82 Å². The highest BCUT2D eigenvalue weighted by molar-refractivity contribution is 7.89. The lowest BCUT2D eigenvalue weighted by molar-refractivity contribution is -0.116. The molecule has 2 aromatic carbocycles. The largest absolute Gasteiger partial charge is 0.326 e. The predicted molar refractivity (Wildman–Crippen MR) is 113 cm³/mol. The number of benzene rings is 2. The van der Waals surface area contributed by atoms with E-state index in [0.717, 1.165) is 17.0 Å². The molecule has 0 atom stereocenters. The van der Waals surface area contributed by atoms with E-state index in [1.54, 1.807) is 24.3 Å². The van der Waals surface area contributed by atoms with Gasteiger partial charge < -0.3 is 5.32 Å². The van der Waals surface area contributed by atoms with Crippen molar-refractivity contribution in [1.82, 2.24) is 14.5 Å². The lowest BCUT2D eigenvalue weighted by Gasteiger charge is -2.10. The van der Waals surface area contributed by atoms with Gasteiger partial charge in [0.25, 0.3) is 0 Å². The Kier molecular flexibility index (Phi) is 6.33. The van der Waals surface area contributed by atoms with Crippen molar-refractivity contribution in [3.05, 3.63) is 71.3 Å². The molecule has 3 rings (SSSR count). The van der Waals surface area contributed by atoms with Gasteiger partial charge in [-0.25, -0.2) is 22.2 Å². The van der Waals surface area contributed by atoms with Gasteiger partial charge >= 0.3 is 0 Å². The monoisotopic (exact) mass is 430 g/mol.